The predicted octanol–water partition coefficient (Wildman–Crippen LogP) is 4.01. The van der Waals surface area contributed by atoms with Crippen LogP contribution in [-0.2, 0) is 11.4 Å². The topological polar surface area (TPSA) is 53.7 Å². The van der Waals surface area contributed by atoms with E-state index in [1.807, 2.05) is 62.4 Å². The van der Waals surface area contributed by atoms with Gasteiger partial charge in [-0.1, -0.05) is 30.3 Å². The Balaban J connectivity index is 1.63. The molecule has 0 spiro atoms. The molecular weight excluding hydrogens is 302 g/mol. The van der Waals surface area contributed by atoms with E-state index in [2.05, 4.69) is 0 Å². The van der Waals surface area contributed by atoms with E-state index in [4.69, 9.17) is 20.2 Å². The van der Waals surface area contributed by atoms with Gasteiger partial charge < -0.3 is 9.47 Å². The van der Waals surface area contributed by atoms with Gasteiger partial charge in [-0.3, -0.25) is 4.84 Å². The minimum absolute atomic E-state index is 0.422. The van der Waals surface area contributed by atoms with Crippen LogP contribution in [0.2, 0.25) is 0 Å². The van der Waals surface area contributed by atoms with Gasteiger partial charge in [0.15, 0.2) is 0 Å². The van der Waals surface area contributed by atoms with Gasteiger partial charge >= 0.3 is 0 Å². The standard InChI is InChI=1S/C20H25NO3/c1-15-10-18(22-13-16-6-4-3-5-7-16)12-19(11-15)23-14-20(2,24-21)17-8-9-17/h3-7,10-12,17H,8-9,13-14,21H2,1-2H3. The number of benzene rings is 2. The van der Waals surface area contributed by atoms with E-state index in [0.717, 1.165) is 35.5 Å². The molecule has 0 aliphatic heterocycles. The molecule has 1 saturated carbocycles. The largest absolute Gasteiger partial charge is 0.490 e. The van der Waals surface area contributed by atoms with E-state index < -0.39 is 5.60 Å². The van der Waals surface area contributed by atoms with Crippen molar-refractivity contribution in [1.82, 2.24) is 0 Å². The Labute approximate surface area is 143 Å². The third kappa shape index (κ3) is 4.28. The minimum Gasteiger partial charge on any atom is -0.490 e. The Kier molecular flexibility index (Phi) is 5.07. The summed E-state index contributed by atoms with van der Waals surface area (Å²) in [6, 6.07) is 16.0. The van der Waals surface area contributed by atoms with Gasteiger partial charge in [0.2, 0.25) is 0 Å². The number of aryl methyl sites for hydroxylation is 1. The van der Waals surface area contributed by atoms with E-state index in [1.54, 1.807) is 0 Å². The lowest BCUT2D eigenvalue weighted by molar-refractivity contribution is -0.0779. The maximum atomic E-state index is 5.95. The zero-order chi connectivity index (χ0) is 17.0. The second-order valence-electron chi connectivity index (χ2n) is 6.75. The van der Waals surface area contributed by atoms with Crippen LogP contribution in [-0.4, -0.2) is 12.2 Å². The molecule has 0 saturated heterocycles. The number of ether oxygens (including phenoxy) is 2. The smallest absolute Gasteiger partial charge is 0.123 e. The molecule has 0 amide bonds. The molecule has 4 heteroatoms. The van der Waals surface area contributed by atoms with Gasteiger partial charge in [-0.2, -0.15) is 0 Å². The lowest BCUT2D eigenvalue weighted by Crippen LogP contribution is -2.40. The van der Waals surface area contributed by atoms with Gasteiger partial charge in [-0.05, 0) is 55.9 Å². The molecule has 24 heavy (non-hydrogen) atoms. The van der Waals surface area contributed by atoms with Crippen molar-refractivity contribution >= 4 is 0 Å². The fourth-order valence-corrected chi connectivity index (χ4v) is 2.79. The van der Waals surface area contributed by atoms with Crippen LogP contribution in [0.3, 0.4) is 0 Å². The van der Waals surface area contributed by atoms with E-state index >= 15 is 0 Å². The Morgan fingerprint density at radius 2 is 1.71 bits per heavy atom. The maximum Gasteiger partial charge on any atom is 0.123 e. The second kappa shape index (κ2) is 7.24. The monoisotopic (exact) mass is 327 g/mol. The summed E-state index contributed by atoms with van der Waals surface area (Å²) in [5, 5.41) is 0. The van der Waals surface area contributed by atoms with Crippen LogP contribution in [0.5, 0.6) is 11.5 Å². The highest BCUT2D eigenvalue weighted by Gasteiger charge is 2.43. The summed E-state index contributed by atoms with van der Waals surface area (Å²) in [6.45, 7) is 5.01. The molecule has 128 valence electrons. The average molecular weight is 327 g/mol. The summed E-state index contributed by atoms with van der Waals surface area (Å²) in [7, 11) is 0. The molecule has 4 nitrogen and oxygen atoms in total. The van der Waals surface area contributed by atoms with Crippen LogP contribution >= 0.6 is 0 Å². The first-order valence-corrected chi connectivity index (χ1v) is 8.38. The first kappa shape index (κ1) is 16.8. The van der Waals surface area contributed by atoms with Crippen LogP contribution < -0.4 is 15.4 Å². The van der Waals surface area contributed by atoms with Crippen LogP contribution in [0.4, 0.5) is 0 Å². The zero-order valence-electron chi connectivity index (χ0n) is 14.3. The van der Waals surface area contributed by atoms with E-state index in [-0.39, 0.29) is 0 Å². The van der Waals surface area contributed by atoms with Crippen LogP contribution in [0.15, 0.2) is 48.5 Å². The zero-order valence-corrected chi connectivity index (χ0v) is 14.3. The molecule has 2 aromatic rings. The van der Waals surface area contributed by atoms with Crippen molar-refractivity contribution in [2.24, 2.45) is 11.8 Å². The second-order valence-corrected chi connectivity index (χ2v) is 6.75. The molecule has 0 radical (unpaired) electrons. The van der Waals surface area contributed by atoms with Crippen LogP contribution in [0.1, 0.15) is 30.9 Å². The molecule has 1 fully saturated rings. The molecule has 3 rings (SSSR count). The fraction of sp³-hybridized carbons (Fsp3) is 0.400. The lowest BCUT2D eigenvalue weighted by atomic mass is 10.0. The number of hydrogen-bond acceptors (Lipinski definition) is 4. The molecule has 1 aliphatic carbocycles. The minimum atomic E-state index is -0.422. The lowest BCUT2D eigenvalue weighted by Gasteiger charge is -2.27. The van der Waals surface area contributed by atoms with Crippen molar-refractivity contribution in [2.75, 3.05) is 6.61 Å². The van der Waals surface area contributed by atoms with E-state index in [9.17, 15) is 0 Å². The Hall–Kier alpha value is -2.04. The first-order valence-electron chi connectivity index (χ1n) is 8.38. The normalized spacial score (nSPS) is 16.5. The van der Waals surface area contributed by atoms with Crippen molar-refractivity contribution < 1.29 is 14.3 Å². The highest BCUT2D eigenvalue weighted by Crippen LogP contribution is 2.41. The number of rotatable bonds is 8. The molecule has 1 aliphatic rings. The fourth-order valence-electron chi connectivity index (χ4n) is 2.79. The summed E-state index contributed by atoms with van der Waals surface area (Å²) in [5.41, 5.74) is 1.81. The van der Waals surface area contributed by atoms with Gasteiger partial charge in [0.05, 0.1) is 0 Å². The predicted molar refractivity (Wildman–Crippen MR) is 93.8 cm³/mol. The SMILES string of the molecule is Cc1cc(OCc2ccccc2)cc(OCC(C)(ON)C2CC2)c1. The van der Waals surface area contributed by atoms with E-state index in [1.165, 1.54) is 0 Å². The Bertz CT molecular complexity index is 670. The highest BCUT2D eigenvalue weighted by atomic mass is 16.6. The van der Waals surface area contributed by atoms with E-state index in [0.29, 0.717) is 19.1 Å². The third-order valence-corrected chi connectivity index (χ3v) is 4.51. The van der Waals surface area contributed by atoms with Gasteiger partial charge in [0, 0.05) is 6.07 Å². The third-order valence-electron chi connectivity index (χ3n) is 4.51. The average Bonchev–Trinajstić information content (AvgIpc) is 3.44. The Morgan fingerprint density at radius 1 is 1.04 bits per heavy atom. The summed E-state index contributed by atoms with van der Waals surface area (Å²) >= 11 is 0. The maximum absolute atomic E-state index is 5.95. The van der Waals surface area contributed by atoms with Gasteiger partial charge in [-0.25, -0.2) is 5.90 Å². The number of hydrogen-bond donors (Lipinski definition) is 1. The van der Waals surface area contributed by atoms with Crippen LogP contribution in [0.25, 0.3) is 0 Å². The summed E-state index contributed by atoms with van der Waals surface area (Å²) in [5.74, 6) is 7.55. The van der Waals surface area contributed by atoms with Crippen molar-refractivity contribution in [1.29, 1.82) is 0 Å². The number of nitrogens with two attached hydrogens (primary N) is 1. The highest BCUT2D eigenvalue weighted by molar-refractivity contribution is 5.38. The summed E-state index contributed by atoms with van der Waals surface area (Å²) in [4.78, 5) is 5.19. The van der Waals surface area contributed by atoms with Crippen LogP contribution in [0, 0.1) is 12.8 Å². The molecule has 0 bridgehead atoms. The quantitative estimate of drug-likeness (QED) is 0.744. The molecule has 2 N–H and O–H groups in total. The van der Waals surface area contributed by atoms with Gasteiger partial charge in [0.25, 0.3) is 0 Å². The van der Waals surface area contributed by atoms with Crippen molar-refractivity contribution in [3.8, 4) is 11.5 Å². The molecule has 0 aromatic heterocycles. The first-order chi connectivity index (χ1) is 11.6. The molecule has 1 unspecified atom stereocenters. The molecule has 1 atom stereocenters. The Morgan fingerprint density at radius 3 is 2.33 bits per heavy atom. The van der Waals surface area contributed by atoms with Gasteiger partial charge in [0.1, 0.15) is 30.3 Å². The summed E-state index contributed by atoms with van der Waals surface area (Å²) in [6.07, 6.45) is 2.30. The van der Waals surface area contributed by atoms with Gasteiger partial charge in [-0.15, -0.1) is 0 Å². The molecule has 0 heterocycles. The van der Waals surface area contributed by atoms with Crippen molar-refractivity contribution in [3.63, 3.8) is 0 Å². The molecular formula is C20H25NO3. The van der Waals surface area contributed by atoms with Crippen molar-refractivity contribution in [3.05, 3.63) is 59.7 Å². The summed E-state index contributed by atoms with van der Waals surface area (Å²) < 4.78 is 11.8. The van der Waals surface area contributed by atoms with Crippen molar-refractivity contribution in [2.45, 2.75) is 38.9 Å². The molecule has 2 aromatic carbocycles.